The van der Waals surface area contributed by atoms with Crippen molar-refractivity contribution in [2.45, 2.75) is 39.7 Å². The molecule has 0 atom stereocenters. The number of rotatable bonds is 0. The monoisotopic (exact) mass is 268 g/mol. The number of benzene rings is 1. The largest absolute Gasteiger partial charge is 0.487 e. The second-order valence-electron chi connectivity index (χ2n) is 5.43. The van der Waals surface area contributed by atoms with Gasteiger partial charge in [-0.3, -0.25) is 0 Å². The van der Waals surface area contributed by atoms with Gasteiger partial charge in [0, 0.05) is 9.89 Å². The van der Waals surface area contributed by atoms with Gasteiger partial charge in [-0.05, 0) is 38.0 Å². The average Bonchev–Trinajstić information content (AvgIpc) is 2.07. The minimum Gasteiger partial charge on any atom is -0.487 e. The second kappa shape index (κ2) is 3.24. The zero-order chi connectivity index (χ0) is 11.3. The first-order valence-electron chi connectivity index (χ1n) is 5.29. The molecule has 1 heterocycles. The van der Waals surface area contributed by atoms with Crippen molar-refractivity contribution in [1.29, 1.82) is 0 Å². The molecule has 0 spiro atoms. The van der Waals surface area contributed by atoms with Crippen molar-refractivity contribution >= 4 is 15.9 Å². The molecule has 15 heavy (non-hydrogen) atoms. The lowest BCUT2D eigenvalue weighted by atomic mass is 9.71. The number of ether oxygens (including phenoxy) is 1. The normalized spacial score (nSPS) is 21.7. The molecular formula is C13H17BrO. The van der Waals surface area contributed by atoms with Crippen molar-refractivity contribution in [3.05, 3.63) is 28.2 Å². The van der Waals surface area contributed by atoms with Gasteiger partial charge in [0.25, 0.3) is 0 Å². The molecule has 82 valence electrons. The molecule has 0 aliphatic carbocycles. The maximum absolute atomic E-state index is 6.09. The van der Waals surface area contributed by atoms with E-state index in [-0.39, 0.29) is 11.0 Å². The molecule has 0 amide bonds. The fourth-order valence-corrected chi connectivity index (χ4v) is 2.21. The van der Waals surface area contributed by atoms with Crippen molar-refractivity contribution < 1.29 is 4.74 Å². The van der Waals surface area contributed by atoms with Gasteiger partial charge in [-0.2, -0.15) is 0 Å². The Morgan fingerprint density at radius 1 is 1.20 bits per heavy atom. The van der Waals surface area contributed by atoms with Crippen LogP contribution in [-0.2, 0) is 6.42 Å². The molecule has 2 rings (SSSR count). The Labute approximate surface area is 100.0 Å². The van der Waals surface area contributed by atoms with Gasteiger partial charge in [0.05, 0.1) is 0 Å². The predicted molar refractivity (Wildman–Crippen MR) is 66.3 cm³/mol. The third kappa shape index (κ3) is 1.80. The summed E-state index contributed by atoms with van der Waals surface area (Å²) in [6.07, 6.45) is 1.07. The maximum atomic E-state index is 6.09. The van der Waals surface area contributed by atoms with Gasteiger partial charge < -0.3 is 4.74 Å². The smallest absolute Gasteiger partial charge is 0.124 e. The molecule has 1 aliphatic rings. The third-order valence-corrected chi connectivity index (χ3v) is 4.15. The Hall–Kier alpha value is -0.500. The maximum Gasteiger partial charge on any atom is 0.124 e. The highest BCUT2D eigenvalue weighted by atomic mass is 79.9. The standard InChI is InChI=1S/C13H17BrO/c1-12(2)8-9-5-6-10(14)7-11(9)15-13(12,3)4/h5-7H,8H2,1-4H3. The van der Waals surface area contributed by atoms with E-state index in [9.17, 15) is 0 Å². The van der Waals surface area contributed by atoms with Crippen LogP contribution >= 0.6 is 15.9 Å². The molecule has 0 fully saturated rings. The highest BCUT2D eigenvalue weighted by Gasteiger charge is 2.43. The van der Waals surface area contributed by atoms with Crippen LogP contribution in [0.4, 0.5) is 0 Å². The SMILES string of the molecule is CC1(C)Cc2ccc(Br)cc2OC1(C)C. The first kappa shape index (κ1) is 11.0. The van der Waals surface area contributed by atoms with E-state index in [4.69, 9.17) is 4.74 Å². The summed E-state index contributed by atoms with van der Waals surface area (Å²) in [5, 5.41) is 0. The Morgan fingerprint density at radius 3 is 2.53 bits per heavy atom. The van der Waals surface area contributed by atoms with Crippen molar-refractivity contribution in [1.82, 2.24) is 0 Å². The van der Waals surface area contributed by atoms with Gasteiger partial charge in [0.2, 0.25) is 0 Å². The van der Waals surface area contributed by atoms with Gasteiger partial charge in [0.1, 0.15) is 11.4 Å². The topological polar surface area (TPSA) is 9.23 Å². The Balaban J connectivity index is 2.47. The third-order valence-electron chi connectivity index (χ3n) is 3.66. The van der Waals surface area contributed by atoms with Crippen LogP contribution in [0.1, 0.15) is 33.3 Å². The molecule has 1 aromatic rings. The van der Waals surface area contributed by atoms with E-state index in [2.05, 4.69) is 61.8 Å². The van der Waals surface area contributed by atoms with Crippen LogP contribution in [0.2, 0.25) is 0 Å². The lowest BCUT2D eigenvalue weighted by Gasteiger charge is -2.46. The van der Waals surface area contributed by atoms with Gasteiger partial charge >= 0.3 is 0 Å². The Bertz CT molecular complexity index is 394. The van der Waals surface area contributed by atoms with Gasteiger partial charge in [-0.1, -0.05) is 35.8 Å². The van der Waals surface area contributed by atoms with E-state index in [0.29, 0.717) is 0 Å². The summed E-state index contributed by atoms with van der Waals surface area (Å²) in [6.45, 7) is 8.85. The summed E-state index contributed by atoms with van der Waals surface area (Å²) in [6, 6.07) is 6.29. The molecule has 0 bridgehead atoms. The van der Waals surface area contributed by atoms with Crippen molar-refractivity contribution in [2.75, 3.05) is 0 Å². The van der Waals surface area contributed by atoms with Crippen LogP contribution < -0.4 is 4.74 Å². The van der Waals surface area contributed by atoms with Crippen molar-refractivity contribution in [3.63, 3.8) is 0 Å². The van der Waals surface area contributed by atoms with Gasteiger partial charge in [0.15, 0.2) is 0 Å². The van der Waals surface area contributed by atoms with Crippen LogP contribution in [0, 0.1) is 5.41 Å². The lowest BCUT2D eigenvalue weighted by Crippen LogP contribution is -2.48. The summed E-state index contributed by atoms with van der Waals surface area (Å²) in [5.41, 5.74) is 1.37. The first-order valence-corrected chi connectivity index (χ1v) is 6.09. The van der Waals surface area contributed by atoms with E-state index >= 15 is 0 Å². The molecule has 0 saturated heterocycles. The summed E-state index contributed by atoms with van der Waals surface area (Å²) in [7, 11) is 0. The second-order valence-corrected chi connectivity index (χ2v) is 6.34. The number of fused-ring (bicyclic) bond motifs is 1. The van der Waals surface area contributed by atoms with Crippen molar-refractivity contribution in [3.8, 4) is 5.75 Å². The van der Waals surface area contributed by atoms with Crippen molar-refractivity contribution in [2.24, 2.45) is 5.41 Å². The minimum absolute atomic E-state index is 0.110. The summed E-state index contributed by atoms with van der Waals surface area (Å²) in [5.74, 6) is 1.02. The molecule has 0 saturated carbocycles. The molecule has 0 aromatic heterocycles. The predicted octanol–water partition coefficient (Wildman–Crippen LogP) is 4.19. The molecule has 1 aromatic carbocycles. The number of hydrogen-bond donors (Lipinski definition) is 0. The average molecular weight is 269 g/mol. The fraction of sp³-hybridized carbons (Fsp3) is 0.538. The van der Waals surface area contributed by atoms with E-state index in [0.717, 1.165) is 16.6 Å². The van der Waals surface area contributed by atoms with E-state index in [1.807, 2.05) is 0 Å². The van der Waals surface area contributed by atoms with Crippen LogP contribution in [0.15, 0.2) is 22.7 Å². The van der Waals surface area contributed by atoms with E-state index < -0.39 is 0 Å². The molecule has 0 radical (unpaired) electrons. The van der Waals surface area contributed by atoms with E-state index in [1.54, 1.807) is 0 Å². The first-order chi connectivity index (χ1) is 6.82. The highest BCUT2D eigenvalue weighted by molar-refractivity contribution is 9.10. The number of halogens is 1. The highest BCUT2D eigenvalue weighted by Crippen LogP contribution is 2.45. The molecule has 0 unspecified atom stereocenters. The van der Waals surface area contributed by atoms with Crippen LogP contribution in [0.25, 0.3) is 0 Å². The van der Waals surface area contributed by atoms with Gasteiger partial charge in [-0.15, -0.1) is 0 Å². The molecule has 0 N–H and O–H groups in total. The summed E-state index contributed by atoms with van der Waals surface area (Å²) >= 11 is 3.48. The molecule has 1 nitrogen and oxygen atoms in total. The lowest BCUT2D eigenvalue weighted by molar-refractivity contribution is -0.0270. The van der Waals surface area contributed by atoms with E-state index in [1.165, 1.54) is 5.56 Å². The molecule has 1 aliphatic heterocycles. The van der Waals surface area contributed by atoms with Crippen LogP contribution in [0.3, 0.4) is 0 Å². The Morgan fingerprint density at radius 2 is 1.87 bits per heavy atom. The quantitative estimate of drug-likeness (QED) is 0.686. The van der Waals surface area contributed by atoms with Gasteiger partial charge in [-0.25, -0.2) is 0 Å². The minimum atomic E-state index is -0.110. The zero-order valence-corrected chi connectivity index (χ0v) is 11.3. The van der Waals surface area contributed by atoms with Crippen LogP contribution in [0.5, 0.6) is 5.75 Å². The summed E-state index contributed by atoms with van der Waals surface area (Å²) in [4.78, 5) is 0. The Kier molecular flexibility index (Phi) is 2.38. The zero-order valence-electron chi connectivity index (χ0n) is 9.73. The van der Waals surface area contributed by atoms with Crippen LogP contribution in [-0.4, -0.2) is 5.60 Å². The molecular weight excluding hydrogens is 252 g/mol. The number of hydrogen-bond acceptors (Lipinski definition) is 1. The fourth-order valence-electron chi connectivity index (χ4n) is 1.87. The summed E-state index contributed by atoms with van der Waals surface area (Å²) < 4.78 is 7.17. The molecule has 2 heteroatoms.